The van der Waals surface area contributed by atoms with E-state index in [0.29, 0.717) is 12.2 Å². The van der Waals surface area contributed by atoms with Crippen LogP contribution in [0.5, 0.6) is 0 Å². The van der Waals surface area contributed by atoms with Gasteiger partial charge in [0.25, 0.3) is 0 Å². The second-order valence-electron chi connectivity index (χ2n) is 3.38. The molecule has 0 aliphatic carbocycles. The van der Waals surface area contributed by atoms with Crippen molar-refractivity contribution >= 4 is 12.0 Å². The van der Waals surface area contributed by atoms with Crippen LogP contribution in [0, 0.1) is 0 Å². The summed E-state index contributed by atoms with van der Waals surface area (Å²) in [6.07, 6.45) is 2.72. The molecular formula is C12H12N2O. The lowest BCUT2D eigenvalue weighted by Crippen LogP contribution is -2.04. The van der Waals surface area contributed by atoms with Crippen molar-refractivity contribution in [3.8, 4) is 0 Å². The minimum absolute atomic E-state index is 0.633. The highest BCUT2D eigenvalue weighted by atomic mass is 16.1. The van der Waals surface area contributed by atoms with Crippen LogP contribution in [0.4, 0.5) is 5.69 Å². The van der Waals surface area contributed by atoms with Gasteiger partial charge in [-0.15, -0.1) is 0 Å². The van der Waals surface area contributed by atoms with Gasteiger partial charge < -0.3 is 10.3 Å². The number of nitrogen functional groups attached to an aromatic ring is 1. The zero-order chi connectivity index (χ0) is 10.7. The van der Waals surface area contributed by atoms with Crippen LogP contribution < -0.4 is 5.73 Å². The van der Waals surface area contributed by atoms with E-state index in [4.69, 9.17) is 5.73 Å². The third-order valence-corrected chi connectivity index (χ3v) is 2.38. The first-order chi connectivity index (χ1) is 7.31. The molecule has 0 aliphatic rings. The molecule has 0 aliphatic heterocycles. The van der Waals surface area contributed by atoms with Gasteiger partial charge in [-0.1, -0.05) is 18.2 Å². The predicted octanol–water partition coefficient (Wildman–Crippen LogP) is 1.93. The number of rotatable bonds is 3. The van der Waals surface area contributed by atoms with Crippen molar-refractivity contribution in [2.24, 2.45) is 0 Å². The summed E-state index contributed by atoms with van der Waals surface area (Å²) in [5, 5.41) is 0. The molecule has 0 atom stereocenters. The molecule has 2 aromatic rings. The Labute approximate surface area is 88.1 Å². The number of carbonyl (C=O) groups is 1. The van der Waals surface area contributed by atoms with Crippen LogP contribution in [0.1, 0.15) is 16.1 Å². The molecule has 3 heteroatoms. The molecule has 1 aromatic carbocycles. The van der Waals surface area contributed by atoms with Gasteiger partial charge in [0.1, 0.15) is 0 Å². The summed E-state index contributed by atoms with van der Waals surface area (Å²) in [5.41, 5.74) is 8.27. The van der Waals surface area contributed by atoms with E-state index in [1.165, 1.54) is 0 Å². The van der Waals surface area contributed by atoms with Gasteiger partial charge in [0.05, 0.1) is 5.69 Å². The van der Waals surface area contributed by atoms with Gasteiger partial charge in [0.15, 0.2) is 6.29 Å². The topological polar surface area (TPSA) is 48.0 Å². The van der Waals surface area contributed by atoms with Crippen molar-refractivity contribution in [3.05, 3.63) is 53.9 Å². The molecule has 0 unspecified atom stereocenters. The molecule has 0 amide bonds. The highest BCUT2D eigenvalue weighted by Crippen LogP contribution is 2.13. The molecule has 0 saturated carbocycles. The molecule has 0 radical (unpaired) electrons. The van der Waals surface area contributed by atoms with Crippen molar-refractivity contribution in [3.63, 3.8) is 0 Å². The number of hydrogen-bond acceptors (Lipinski definition) is 2. The molecule has 76 valence electrons. The number of carbonyl (C=O) groups excluding carboxylic acids is 1. The monoisotopic (exact) mass is 200 g/mol. The minimum Gasteiger partial charge on any atom is -0.398 e. The maximum atomic E-state index is 10.7. The average molecular weight is 200 g/mol. The van der Waals surface area contributed by atoms with Crippen LogP contribution in [0.15, 0.2) is 42.6 Å². The fourth-order valence-corrected chi connectivity index (χ4v) is 1.54. The zero-order valence-electron chi connectivity index (χ0n) is 8.26. The number of benzene rings is 1. The summed E-state index contributed by atoms with van der Waals surface area (Å²) in [6.45, 7) is 0.633. The molecule has 3 nitrogen and oxygen atoms in total. The number of nitrogens with two attached hydrogens (primary N) is 1. The van der Waals surface area contributed by atoms with E-state index in [1.807, 2.05) is 41.1 Å². The van der Waals surface area contributed by atoms with Crippen molar-refractivity contribution < 1.29 is 4.79 Å². The van der Waals surface area contributed by atoms with E-state index in [2.05, 4.69) is 0 Å². The average Bonchev–Trinajstić information content (AvgIpc) is 2.69. The maximum absolute atomic E-state index is 10.7. The number of para-hydroxylation sites is 1. The summed E-state index contributed by atoms with van der Waals surface area (Å²) in [6, 6.07) is 11.3. The third-order valence-electron chi connectivity index (χ3n) is 2.38. The van der Waals surface area contributed by atoms with Crippen LogP contribution in [0.25, 0.3) is 0 Å². The molecule has 0 fully saturated rings. The van der Waals surface area contributed by atoms with Crippen molar-refractivity contribution in [2.75, 3.05) is 5.73 Å². The summed E-state index contributed by atoms with van der Waals surface area (Å²) in [7, 11) is 0. The van der Waals surface area contributed by atoms with Gasteiger partial charge in [0, 0.05) is 18.4 Å². The van der Waals surface area contributed by atoms with E-state index in [9.17, 15) is 4.79 Å². The molecule has 0 saturated heterocycles. The normalized spacial score (nSPS) is 10.1. The number of hydrogen-bond donors (Lipinski definition) is 1. The van der Waals surface area contributed by atoms with Crippen LogP contribution >= 0.6 is 0 Å². The Kier molecular flexibility index (Phi) is 2.54. The van der Waals surface area contributed by atoms with Gasteiger partial charge in [-0.25, -0.2) is 0 Å². The largest absolute Gasteiger partial charge is 0.398 e. The van der Waals surface area contributed by atoms with Gasteiger partial charge in [-0.3, -0.25) is 4.79 Å². The first-order valence-corrected chi connectivity index (χ1v) is 4.75. The SMILES string of the molecule is Nc1ccccc1Cn1cccc1C=O. The first kappa shape index (κ1) is 9.52. The second-order valence-corrected chi connectivity index (χ2v) is 3.38. The Hall–Kier alpha value is -2.03. The summed E-state index contributed by atoms with van der Waals surface area (Å²) >= 11 is 0. The summed E-state index contributed by atoms with van der Waals surface area (Å²) < 4.78 is 1.87. The highest BCUT2D eigenvalue weighted by Gasteiger charge is 2.02. The van der Waals surface area contributed by atoms with E-state index in [0.717, 1.165) is 17.5 Å². The van der Waals surface area contributed by atoms with Gasteiger partial charge in [0.2, 0.25) is 0 Å². The number of nitrogens with zero attached hydrogens (tertiary/aromatic N) is 1. The maximum Gasteiger partial charge on any atom is 0.166 e. The van der Waals surface area contributed by atoms with Gasteiger partial charge in [-0.05, 0) is 23.8 Å². The van der Waals surface area contributed by atoms with E-state index >= 15 is 0 Å². The fourth-order valence-electron chi connectivity index (χ4n) is 1.54. The lowest BCUT2D eigenvalue weighted by Gasteiger charge is -2.07. The van der Waals surface area contributed by atoms with E-state index in [-0.39, 0.29) is 0 Å². The Morgan fingerprint density at radius 1 is 1.20 bits per heavy atom. The predicted molar refractivity (Wildman–Crippen MR) is 59.8 cm³/mol. The third kappa shape index (κ3) is 1.91. The van der Waals surface area contributed by atoms with Crippen LogP contribution in [-0.4, -0.2) is 10.9 Å². The van der Waals surface area contributed by atoms with Gasteiger partial charge in [-0.2, -0.15) is 0 Å². The molecular weight excluding hydrogens is 188 g/mol. The van der Waals surface area contributed by atoms with Crippen LogP contribution in [0.3, 0.4) is 0 Å². The standard InChI is InChI=1S/C12H12N2O/c13-12-6-2-1-4-10(12)8-14-7-3-5-11(14)9-15/h1-7,9H,8,13H2. The number of aromatic nitrogens is 1. The lowest BCUT2D eigenvalue weighted by molar-refractivity contribution is 0.111. The van der Waals surface area contributed by atoms with Crippen molar-refractivity contribution in [2.45, 2.75) is 6.54 Å². The van der Waals surface area contributed by atoms with E-state index < -0.39 is 0 Å². The molecule has 2 N–H and O–H groups in total. The molecule has 1 aromatic heterocycles. The molecule has 1 heterocycles. The number of anilines is 1. The smallest absolute Gasteiger partial charge is 0.166 e. The summed E-state index contributed by atoms with van der Waals surface area (Å²) in [5.74, 6) is 0. The molecule has 15 heavy (non-hydrogen) atoms. The van der Waals surface area contributed by atoms with Crippen LogP contribution in [0.2, 0.25) is 0 Å². The zero-order valence-corrected chi connectivity index (χ0v) is 8.26. The first-order valence-electron chi connectivity index (χ1n) is 4.75. The van der Waals surface area contributed by atoms with Crippen molar-refractivity contribution in [1.82, 2.24) is 4.57 Å². The summed E-state index contributed by atoms with van der Waals surface area (Å²) in [4.78, 5) is 10.7. The van der Waals surface area contributed by atoms with Crippen LogP contribution in [-0.2, 0) is 6.54 Å². The van der Waals surface area contributed by atoms with E-state index in [1.54, 1.807) is 6.07 Å². The Morgan fingerprint density at radius 3 is 2.73 bits per heavy atom. The number of aldehydes is 1. The molecule has 0 bridgehead atoms. The molecule has 0 spiro atoms. The second kappa shape index (κ2) is 4.00. The van der Waals surface area contributed by atoms with Crippen molar-refractivity contribution in [1.29, 1.82) is 0 Å². The highest BCUT2D eigenvalue weighted by molar-refractivity contribution is 5.72. The fraction of sp³-hybridized carbons (Fsp3) is 0.0833. The Bertz CT molecular complexity index is 474. The lowest BCUT2D eigenvalue weighted by atomic mass is 10.2. The minimum atomic E-state index is 0.633. The quantitative estimate of drug-likeness (QED) is 0.608. The Balaban J connectivity index is 2.29. The van der Waals surface area contributed by atoms with Gasteiger partial charge >= 0.3 is 0 Å². The molecule has 2 rings (SSSR count). The Morgan fingerprint density at radius 2 is 2.00 bits per heavy atom.